The molecule has 0 unspecified atom stereocenters. The lowest BCUT2D eigenvalue weighted by Crippen LogP contribution is -2.11. The first-order valence-electron chi connectivity index (χ1n) is 5.75. The van der Waals surface area contributed by atoms with Crippen molar-refractivity contribution in [3.8, 4) is 5.75 Å². The van der Waals surface area contributed by atoms with E-state index in [1.807, 2.05) is 42.5 Å². The molecule has 0 saturated heterocycles. The van der Waals surface area contributed by atoms with E-state index in [-0.39, 0.29) is 13.2 Å². The maximum Gasteiger partial charge on any atom is 0.130 e. The fourth-order valence-corrected chi connectivity index (χ4v) is 1.57. The summed E-state index contributed by atoms with van der Waals surface area (Å²) in [6, 6.07) is 16.7. The van der Waals surface area contributed by atoms with Gasteiger partial charge in [-0.3, -0.25) is 0 Å². The minimum atomic E-state index is 0.0279. The predicted octanol–water partition coefficient (Wildman–Crippen LogP) is 2.63. The number of hydrogen-bond donors (Lipinski definition) is 2. The highest BCUT2D eigenvalue weighted by atomic mass is 16.5. The van der Waals surface area contributed by atoms with Gasteiger partial charge in [-0.15, -0.1) is 0 Å². The Kier molecular flexibility index (Phi) is 4.10. The molecule has 2 N–H and O–H groups in total. The number of ether oxygens (including phenoxy) is 1. The van der Waals surface area contributed by atoms with Gasteiger partial charge in [-0.05, 0) is 23.3 Å². The maximum absolute atomic E-state index is 8.92. The number of hydrogen-bond acceptors (Lipinski definition) is 3. The van der Waals surface area contributed by atoms with Crippen LogP contribution in [0.2, 0.25) is 0 Å². The zero-order valence-corrected chi connectivity index (χ0v) is 9.97. The van der Waals surface area contributed by atoms with Crippen LogP contribution < -0.4 is 4.74 Å². The van der Waals surface area contributed by atoms with Gasteiger partial charge in [0.15, 0.2) is 0 Å². The van der Waals surface area contributed by atoms with Crippen LogP contribution in [0, 0.1) is 5.41 Å². The van der Waals surface area contributed by atoms with Gasteiger partial charge < -0.3 is 15.3 Å². The highest BCUT2D eigenvalue weighted by Crippen LogP contribution is 2.12. The van der Waals surface area contributed by atoms with Gasteiger partial charge in [-0.25, -0.2) is 0 Å². The molecule has 0 bridgehead atoms. The lowest BCUT2D eigenvalue weighted by atomic mass is 10.1. The first kappa shape index (κ1) is 12.3. The van der Waals surface area contributed by atoms with Gasteiger partial charge in [0, 0.05) is 0 Å². The third-order valence-electron chi connectivity index (χ3n) is 2.61. The molecular formula is C15H15NO2. The van der Waals surface area contributed by atoms with Gasteiger partial charge in [0.05, 0.1) is 12.3 Å². The van der Waals surface area contributed by atoms with E-state index in [2.05, 4.69) is 0 Å². The second kappa shape index (κ2) is 5.98. The summed E-state index contributed by atoms with van der Waals surface area (Å²) in [4.78, 5) is 0. The third kappa shape index (κ3) is 3.18. The van der Waals surface area contributed by atoms with E-state index in [0.717, 1.165) is 11.1 Å². The van der Waals surface area contributed by atoms with Crippen molar-refractivity contribution in [1.29, 1.82) is 5.41 Å². The smallest absolute Gasteiger partial charge is 0.130 e. The predicted molar refractivity (Wildman–Crippen MR) is 71.1 cm³/mol. The van der Waals surface area contributed by atoms with Crippen LogP contribution in [0.1, 0.15) is 11.1 Å². The van der Waals surface area contributed by atoms with Crippen molar-refractivity contribution in [2.75, 3.05) is 6.61 Å². The van der Waals surface area contributed by atoms with Crippen molar-refractivity contribution in [3.63, 3.8) is 0 Å². The Balaban J connectivity index is 1.93. The van der Waals surface area contributed by atoms with Gasteiger partial charge in [0.1, 0.15) is 12.4 Å². The molecule has 18 heavy (non-hydrogen) atoms. The van der Waals surface area contributed by atoms with Gasteiger partial charge in [0.2, 0.25) is 0 Å². The minimum absolute atomic E-state index is 0.0279. The van der Waals surface area contributed by atoms with Crippen LogP contribution in [0.15, 0.2) is 54.6 Å². The van der Waals surface area contributed by atoms with E-state index in [9.17, 15) is 0 Å². The molecule has 92 valence electrons. The lowest BCUT2D eigenvalue weighted by molar-refractivity contribution is 0.281. The Labute approximate surface area is 106 Å². The highest BCUT2D eigenvalue weighted by molar-refractivity contribution is 5.99. The third-order valence-corrected chi connectivity index (χ3v) is 2.61. The number of nitrogens with one attached hydrogen (secondary N) is 1. The average Bonchev–Trinajstić information content (AvgIpc) is 2.46. The summed E-state index contributed by atoms with van der Waals surface area (Å²) in [5, 5.41) is 16.8. The van der Waals surface area contributed by atoms with Crippen LogP contribution in [-0.4, -0.2) is 17.4 Å². The lowest BCUT2D eigenvalue weighted by Gasteiger charge is -2.08. The summed E-state index contributed by atoms with van der Waals surface area (Å²) < 4.78 is 5.52. The largest absolute Gasteiger partial charge is 0.487 e. The molecule has 0 aliphatic rings. The molecule has 2 aromatic carbocycles. The maximum atomic E-state index is 8.92. The Bertz CT molecular complexity index is 506. The molecule has 3 nitrogen and oxygen atoms in total. The molecule has 0 amide bonds. The molecule has 0 aliphatic heterocycles. The Hall–Kier alpha value is -2.13. The SMILES string of the molecule is N=C(COc1ccc(CO)cc1)c1ccccc1. The Morgan fingerprint density at radius 1 is 1.00 bits per heavy atom. The van der Waals surface area contributed by atoms with E-state index in [4.69, 9.17) is 15.3 Å². The van der Waals surface area contributed by atoms with E-state index < -0.39 is 0 Å². The first-order valence-corrected chi connectivity index (χ1v) is 5.75. The monoisotopic (exact) mass is 241 g/mol. The second-order valence-corrected chi connectivity index (χ2v) is 3.94. The van der Waals surface area contributed by atoms with E-state index in [1.54, 1.807) is 12.1 Å². The summed E-state index contributed by atoms with van der Waals surface area (Å²) in [6.07, 6.45) is 0. The quantitative estimate of drug-likeness (QED) is 0.791. The average molecular weight is 241 g/mol. The van der Waals surface area contributed by atoms with E-state index >= 15 is 0 Å². The molecule has 0 heterocycles. The van der Waals surface area contributed by atoms with Crippen molar-refractivity contribution in [2.24, 2.45) is 0 Å². The number of benzene rings is 2. The standard InChI is InChI=1S/C15H15NO2/c16-15(13-4-2-1-3-5-13)11-18-14-8-6-12(10-17)7-9-14/h1-9,16-17H,10-11H2. The fraction of sp³-hybridized carbons (Fsp3) is 0.133. The summed E-state index contributed by atoms with van der Waals surface area (Å²) in [7, 11) is 0. The van der Waals surface area contributed by atoms with E-state index in [0.29, 0.717) is 11.5 Å². The molecule has 0 saturated carbocycles. The summed E-state index contributed by atoms with van der Waals surface area (Å²) in [5.74, 6) is 0.702. The molecule has 0 atom stereocenters. The Morgan fingerprint density at radius 3 is 2.28 bits per heavy atom. The molecule has 2 rings (SSSR count). The van der Waals surface area contributed by atoms with Crippen molar-refractivity contribution in [2.45, 2.75) is 6.61 Å². The zero-order valence-electron chi connectivity index (χ0n) is 9.97. The van der Waals surface area contributed by atoms with Gasteiger partial charge in [-0.2, -0.15) is 0 Å². The minimum Gasteiger partial charge on any atom is -0.487 e. The normalized spacial score (nSPS) is 10.1. The molecule has 0 radical (unpaired) electrons. The van der Waals surface area contributed by atoms with Gasteiger partial charge >= 0.3 is 0 Å². The molecule has 0 aliphatic carbocycles. The molecule has 0 aromatic heterocycles. The molecule has 0 fully saturated rings. The molecule has 3 heteroatoms. The molecular weight excluding hydrogens is 226 g/mol. The molecule has 2 aromatic rings. The van der Waals surface area contributed by atoms with Crippen LogP contribution in [0.4, 0.5) is 0 Å². The van der Waals surface area contributed by atoms with Crippen LogP contribution in [0.25, 0.3) is 0 Å². The van der Waals surface area contributed by atoms with Crippen LogP contribution in [0.5, 0.6) is 5.75 Å². The topological polar surface area (TPSA) is 53.3 Å². The fourth-order valence-electron chi connectivity index (χ4n) is 1.57. The van der Waals surface area contributed by atoms with Crippen molar-refractivity contribution in [1.82, 2.24) is 0 Å². The number of aliphatic hydroxyl groups is 1. The number of rotatable bonds is 5. The zero-order chi connectivity index (χ0) is 12.8. The Morgan fingerprint density at radius 2 is 1.67 bits per heavy atom. The van der Waals surface area contributed by atoms with Crippen molar-refractivity contribution >= 4 is 5.71 Å². The van der Waals surface area contributed by atoms with Crippen LogP contribution in [-0.2, 0) is 6.61 Å². The van der Waals surface area contributed by atoms with Gasteiger partial charge in [-0.1, -0.05) is 42.5 Å². The van der Waals surface area contributed by atoms with Crippen molar-refractivity contribution < 1.29 is 9.84 Å². The second-order valence-electron chi connectivity index (χ2n) is 3.94. The molecule has 0 spiro atoms. The van der Waals surface area contributed by atoms with Gasteiger partial charge in [0.25, 0.3) is 0 Å². The number of aliphatic hydroxyl groups excluding tert-OH is 1. The van der Waals surface area contributed by atoms with Crippen molar-refractivity contribution in [3.05, 3.63) is 65.7 Å². The summed E-state index contributed by atoms with van der Waals surface area (Å²) in [5.41, 5.74) is 2.16. The van der Waals surface area contributed by atoms with Crippen LogP contribution >= 0.6 is 0 Å². The first-order chi connectivity index (χ1) is 8.79. The summed E-state index contributed by atoms with van der Waals surface area (Å²) in [6.45, 7) is 0.266. The van der Waals surface area contributed by atoms with Crippen LogP contribution in [0.3, 0.4) is 0 Å². The summed E-state index contributed by atoms with van der Waals surface area (Å²) >= 11 is 0. The van der Waals surface area contributed by atoms with E-state index in [1.165, 1.54) is 0 Å². The highest BCUT2D eigenvalue weighted by Gasteiger charge is 2.01.